The first-order chi connectivity index (χ1) is 10.9. The Hall–Kier alpha value is -1.05. The predicted octanol–water partition coefficient (Wildman–Crippen LogP) is 1.50. The van der Waals surface area contributed by atoms with Gasteiger partial charge in [-0.25, -0.2) is 0 Å². The Bertz CT molecular complexity index is 482. The fourth-order valence-corrected chi connectivity index (χ4v) is 1.99. The molecule has 0 aliphatic heterocycles. The molecule has 0 aliphatic rings. The number of aliphatic hydroxyl groups excluding tert-OH is 1. The van der Waals surface area contributed by atoms with Gasteiger partial charge in [0.15, 0.2) is 6.61 Å². The number of hydrogen-bond donors (Lipinski definition) is 4. The number of aliphatic hydroxyl groups is 1. The molecule has 0 saturated carbocycles. The normalized spacial score (nSPS) is 10.4. The van der Waals surface area contributed by atoms with E-state index in [0.717, 1.165) is 18.7 Å². The molecule has 1 aromatic carbocycles. The van der Waals surface area contributed by atoms with Crippen molar-refractivity contribution in [3.8, 4) is 5.75 Å². The van der Waals surface area contributed by atoms with Gasteiger partial charge in [0.05, 0.1) is 6.61 Å². The Balaban J connectivity index is 0. The Kier molecular flexibility index (Phi) is 14.8. The van der Waals surface area contributed by atoms with Crippen LogP contribution >= 0.6 is 24.8 Å². The van der Waals surface area contributed by atoms with Crippen LogP contribution in [0.3, 0.4) is 0 Å². The number of carbonyl (C=O) groups is 1. The number of amides is 1. The van der Waals surface area contributed by atoms with Crippen molar-refractivity contribution < 1.29 is 14.6 Å². The monoisotopic (exact) mass is 395 g/mol. The van der Waals surface area contributed by atoms with Crippen molar-refractivity contribution in [2.24, 2.45) is 0 Å². The van der Waals surface area contributed by atoms with Gasteiger partial charge in [-0.05, 0) is 26.8 Å². The number of hydrogen-bond acceptors (Lipinski definition) is 5. The summed E-state index contributed by atoms with van der Waals surface area (Å²) < 4.78 is 5.64. The van der Waals surface area contributed by atoms with Crippen molar-refractivity contribution in [3.05, 3.63) is 29.8 Å². The Morgan fingerprint density at radius 3 is 2.36 bits per heavy atom. The zero-order valence-electron chi connectivity index (χ0n) is 15.1. The molecule has 0 saturated heterocycles. The van der Waals surface area contributed by atoms with E-state index in [1.165, 1.54) is 0 Å². The van der Waals surface area contributed by atoms with Gasteiger partial charge in [-0.15, -0.1) is 24.8 Å². The Morgan fingerprint density at radius 2 is 1.72 bits per heavy atom. The largest absolute Gasteiger partial charge is 0.483 e. The molecule has 146 valence electrons. The second-order valence-electron chi connectivity index (χ2n) is 6.34. The number of nitrogens with one attached hydrogen (secondary N) is 3. The molecule has 1 aromatic rings. The Labute approximate surface area is 162 Å². The fourth-order valence-electron chi connectivity index (χ4n) is 1.99. The van der Waals surface area contributed by atoms with Crippen LogP contribution in [0.2, 0.25) is 0 Å². The number of benzene rings is 1. The first kappa shape index (κ1) is 26.2. The molecule has 1 rings (SSSR count). The molecular weight excluding hydrogens is 365 g/mol. The molecule has 25 heavy (non-hydrogen) atoms. The van der Waals surface area contributed by atoms with Gasteiger partial charge in [0.2, 0.25) is 0 Å². The third-order valence-corrected chi connectivity index (χ3v) is 2.93. The van der Waals surface area contributed by atoms with Crippen LogP contribution in [-0.4, -0.2) is 49.4 Å². The van der Waals surface area contributed by atoms with E-state index in [1.54, 1.807) is 0 Å². The van der Waals surface area contributed by atoms with Crippen molar-refractivity contribution in [2.75, 3.05) is 32.8 Å². The van der Waals surface area contributed by atoms with Crippen molar-refractivity contribution >= 4 is 30.7 Å². The highest BCUT2D eigenvalue weighted by molar-refractivity contribution is 5.85. The molecule has 0 aliphatic carbocycles. The summed E-state index contributed by atoms with van der Waals surface area (Å²) in [5.74, 6) is 0.584. The number of ether oxygens (including phenoxy) is 1. The van der Waals surface area contributed by atoms with Gasteiger partial charge in [-0.1, -0.05) is 18.2 Å². The van der Waals surface area contributed by atoms with E-state index in [1.807, 2.05) is 45.0 Å². The van der Waals surface area contributed by atoms with Gasteiger partial charge in [0.25, 0.3) is 5.91 Å². The van der Waals surface area contributed by atoms with Gasteiger partial charge in [-0.2, -0.15) is 0 Å². The third kappa shape index (κ3) is 12.9. The number of carbonyl (C=O) groups excluding carboxylic acids is 1. The number of para-hydroxylation sites is 1. The van der Waals surface area contributed by atoms with Crippen LogP contribution in [-0.2, 0) is 11.3 Å². The molecule has 0 heterocycles. The van der Waals surface area contributed by atoms with Crippen LogP contribution in [0.15, 0.2) is 24.3 Å². The molecule has 6 nitrogen and oxygen atoms in total. The SMILES string of the molecule is CC(C)(C)NC(=O)COc1ccccc1CNCCNCCO.Cl.Cl. The molecule has 0 aromatic heterocycles. The summed E-state index contributed by atoms with van der Waals surface area (Å²) in [6.07, 6.45) is 0. The Morgan fingerprint density at radius 1 is 1.08 bits per heavy atom. The molecule has 0 bridgehead atoms. The molecule has 0 radical (unpaired) electrons. The fraction of sp³-hybridized carbons (Fsp3) is 0.588. The molecule has 0 spiro atoms. The summed E-state index contributed by atoms with van der Waals surface area (Å²) in [6.45, 7) is 8.81. The van der Waals surface area contributed by atoms with Crippen molar-refractivity contribution in [1.29, 1.82) is 0 Å². The van der Waals surface area contributed by atoms with Crippen LogP contribution in [0.25, 0.3) is 0 Å². The quantitative estimate of drug-likeness (QED) is 0.451. The van der Waals surface area contributed by atoms with Gasteiger partial charge in [0, 0.05) is 37.3 Å². The molecule has 4 N–H and O–H groups in total. The lowest BCUT2D eigenvalue weighted by molar-refractivity contribution is -0.124. The van der Waals surface area contributed by atoms with Gasteiger partial charge in [0.1, 0.15) is 5.75 Å². The average Bonchev–Trinajstić information content (AvgIpc) is 2.48. The average molecular weight is 396 g/mol. The molecular formula is C17H31Cl2N3O3. The first-order valence-electron chi connectivity index (χ1n) is 7.96. The maximum Gasteiger partial charge on any atom is 0.258 e. The van der Waals surface area contributed by atoms with E-state index in [-0.39, 0.29) is 49.5 Å². The van der Waals surface area contributed by atoms with Gasteiger partial charge >= 0.3 is 0 Å². The molecule has 0 fully saturated rings. The van der Waals surface area contributed by atoms with Crippen LogP contribution < -0.4 is 20.7 Å². The second kappa shape index (κ2) is 14.2. The molecule has 0 atom stereocenters. The maximum atomic E-state index is 11.8. The minimum Gasteiger partial charge on any atom is -0.483 e. The number of halogens is 2. The lowest BCUT2D eigenvalue weighted by Gasteiger charge is -2.20. The van der Waals surface area contributed by atoms with Crippen LogP contribution in [0.4, 0.5) is 0 Å². The van der Waals surface area contributed by atoms with E-state index >= 15 is 0 Å². The highest BCUT2D eigenvalue weighted by Gasteiger charge is 2.14. The van der Waals surface area contributed by atoms with E-state index in [0.29, 0.717) is 18.8 Å². The van der Waals surface area contributed by atoms with Crippen molar-refractivity contribution in [3.63, 3.8) is 0 Å². The molecule has 0 unspecified atom stereocenters. The van der Waals surface area contributed by atoms with E-state index in [4.69, 9.17) is 9.84 Å². The van der Waals surface area contributed by atoms with Crippen molar-refractivity contribution in [2.45, 2.75) is 32.9 Å². The van der Waals surface area contributed by atoms with Crippen molar-refractivity contribution in [1.82, 2.24) is 16.0 Å². The van der Waals surface area contributed by atoms with Crippen LogP contribution in [0.5, 0.6) is 5.75 Å². The first-order valence-corrected chi connectivity index (χ1v) is 7.96. The zero-order valence-corrected chi connectivity index (χ0v) is 16.8. The van der Waals surface area contributed by atoms with Crippen LogP contribution in [0.1, 0.15) is 26.3 Å². The predicted molar refractivity (Wildman–Crippen MR) is 106 cm³/mol. The molecule has 8 heteroatoms. The van der Waals surface area contributed by atoms with Crippen LogP contribution in [0, 0.1) is 0 Å². The summed E-state index contributed by atoms with van der Waals surface area (Å²) in [5, 5.41) is 18.0. The lowest BCUT2D eigenvalue weighted by Crippen LogP contribution is -2.43. The van der Waals surface area contributed by atoms with E-state index in [2.05, 4.69) is 16.0 Å². The standard InChI is InChI=1S/C17H29N3O3.2ClH/c1-17(2,3)20-16(22)13-23-15-7-5-4-6-14(15)12-19-9-8-18-10-11-21;;/h4-7,18-19,21H,8-13H2,1-3H3,(H,20,22);2*1H. The number of rotatable bonds is 10. The maximum absolute atomic E-state index is 11.8. The summed E-state index contributed by atoms with van der Waals surface area (Å²) in [4.78, 5) is 11.8. The highest BCUT2D eigenvalue weighted by Crippen LogP contribution is 2.17. The third-order valence-electron chi connectivity index (χ3n) is 2.93. The topological polar surface area (TPSA) is 82.6 Å². The smallest absolute Gasteiger partial charge is 0.258 e. The summed E-state index contributed by atoms with van der Waals surface area (Å²) in [5.41, 5.74) is 0.751. The highest BCUT2D eigenvalue weighted by atomic mass is 35.5. The zero-order chi connectivity index (χ0) is 17.1. The van der Waals surface area contributed by atoms with Gasteiger partial charge in [-0.3, -0.25) is 4.79 Å². The minimum atomic E-state index is -0.261. The summed E-state index contributed by atoms with van der Waals surface area (Å²) >= 11 is 0. The van der Waals surface area contributed by atoms with Gasteiger partial charge < -0.3 is 25.8 Å². The minimum absolute atomic E-state index is 0. The van der Waals surface area contributed by atoms with E-state index in [9.17, 15) is 4.79 Å². The second-order valence-corrected chi connectivity index (χ2v) is 6.34. The molecule has 1 amide bonds. The van der Waals surface area contributed by atoms with E-state index < -0.39 is 0 Å². The summed E-state index contributed by atoms with van der Waals surface area (Å²) in [6, 6.07) is 7.68. The summed E-state index contributed by atoms with van der Waals surface area (Å²) in [7, 11) is 0. The lowest BCUT2D eigenvalue weighted by atomic mass is 10.1.